The lowest BCUT2D eigenvalue weighted by Gasteiger charge is -2.23. The van der Waals surface area contributed by atoms with Crippen molar-refractivity contribution in [3.63, 3.8) is 0 Å². The van der Waals surface area contributed by atoms with Crippen molar-refractivity contribution in [3.8, 4) is 0 Å². The van der Waals surface area contributed by atoms with Crippen LogP contribution in [0.5, 0.6) is 0 Å². The standard InChI is InChI=1S/C14H22N2O4S/c1-6-9-8(2)10(12(17)18)11(21-9)16-13(19)15-7-14(3,4)20-5/h6-7H2,1-5H3,(H,17,18)(H2,15,16,19). The SMILES string of the molecule is CCc1sc(NC(=O)NCC(C)(C)OC)c(C(=O)O)c1C. The highest BCUT2D eigenvalue weighted by Gasteiger charge is 2.22. The Morgan fingerprint density at radius 1 is 1.38 bits per heavy atom. The number of carboxylic acids is 1. The van der Waals surface area contributed by atoms with Gasteiger partial charge in [-0.25, -0.2) is 9.59 Å². The Hall–Kier alpha value is -1.60. The van der Waals surface area contributed by atoms with Crippen molar-refractivity contribution in [2.45, 2.75) is 39.7 Å². The Labute approximate surface area is 128 Å². The van der Waals surface area contributed by atoms with Gasteiger partial charge in [0, 0.05) is 18.5 Å². The number of carboxylic acid groups (broad SMARTS) is 1. The molecule has 0 bridgehead atoms. The summed E-state index contributed by atoms with van der Waals surface area (Å²) >= 11 is 1.30. The minimum absolute atomic E-state index is 0.165. The highest BCUT2D eigenvalue weighted by atomic mass is 32.1. The third-order valence-electron chi connectivity index (χ3n) is 3.23. The maximum absolute atomic E-state index is 11.9. The number of anilines is 1. The van der Waals surface area contributed by atoms with Gasteiger partial charge in [0.1, 0.15) is 5.00 Å². The zero-order valence-corrected chi connectivity index (χ0v) is 13.8. The molecule has 1 aromatic heterocycles. The molecular weight excluding hydrogens is 292 g/mol. The highest BCUT2D eigenvalue weighted by Crippen LogP contribution is 2.33. The summed E-state index contributed by atoms with van der Waals surface area (Å²) in [5, 5.41) is 14.9. The third kappa shape index (κ3) is 4.44. The average Bonchev–Trinajstić information content (AvgIpc) is 2.72. The molecule has 1 aromatic rings. The van der Waals surface area contributed by atoms with Gasteiger partial charge in [-0.15, -0.1) is 11.3 Å². The smallest absolute Gasteiger partial charge is 0.338 e. The van der Waals surface area contributed by atoms with Crippen molar-refractivity contribution >= 4 is 28.3 Å². The van der Waals surface area contributed by atoms with Crippen molar-refractivity contribution in [2.24, 2.45) is 0 Å². The average molecular weight is 314 g/mol. The fourth-order valence-electron chi connectivity index (χ4n) is 1.76. The molecule has 7 heteroatoms. The van der Waals surface area contributed by atoms with Gasteiger partial charge in [-0.2, -0.15) is 0 Å². The highest BCUT2D eigenvalue weighted by molar-refractivity contribution is 7.16. The number of ether oxygens (including phenoxy) is 1. The quantitative estimate of drug-likeness (QED) is 0.753. The number of aromatic carboxylic acids is 1. The Morgan fingerprint density at radius 2 is 2.00 bits per heavy atom. The second-order valence-corrected chi connectivity index (χ2v) is 6.39. The van der Waals surface area contributed by atoms with Crippen LogP contribution >= 0.6 is 11.3 Å². The molecule has 0 radical (unpaired) electrons. The first-order valence-corrected chi connectivity index (χ1v) is 7.49. The molecule has 0 aliphatic rings. The third-order valence-corrected chi connectivity index (χ3v) is 4.59. The first kappa shape index (κ1) is 17.5. The summed E-state index contributed by atoms with van der Waals surface area (Å²) in [7, 11) is 1.57. The van der Waals surface area contributed by atoms with Crippen LogP contribution in [-0.2, 0) is 11.2 Å². The largest absolute Gasteiger partial charge is 0.478 e. The summed E-state index contributed by atoms with van der Waals surface area (Å²) in [6, 6.07) is -0.438. The van der Waals surface area contributed by atoms with Gasteiger partial charge in [0.25, 0.3) is 0 Å². The number of methoxy groups -OCH3 is 1. The fraction of sp³-hybridized carbons (Fsp3) is 0.571. The van der Waals surface area contributed by atoms with E-state index in [-0.39, 0.29) is 5.56 Å². The number of aryl methyl sites for hydroxylation is 1. The molecule has 0 saturated heterocycles. The second-order valence-electron chi connectivity index (χ2n) is 5.28. The van der Waals surface area contributed by atoms with Crippen LogP contribution < -0.4 is 10.6 Å². The minimum Gasteiger partial charge on any atom is -0.478 e. The van der Waals surface area contributed by atoms with Gasteiger partial charge in [-0.3, -0.25) is 5.32 Å². The van der Waals surface area contributed by atoms with Crippen LogP contribution in [-0.4, -0.2) is 36.4 Å². The second kappa shape index (κ2) is 6.91. The molecule has 2 amide bonds. The molecule has 6 nitrogen and oxygen atoms in total. The lowest BCUT2D eigenvalue weighted by Crippen LogP contribution is -2.41. The number of carbonyl (C=O) groups excluding carboxylic acids is 1. The molecule has 0 aromatic carbocycles. The van der Waals surface area contributed by atoms with Crippen molar-refractivity contribution in [2.75, 3.05) is 19.0 Å². The summed E-state index contributed by atoms with van der Waals surface area (Å²) in [6.07, 6.45) is 0.733. The number of hydrogen-bond donors (Lipinski definition) is 3. The van der Waals surface area contributed by atoms with E-state index in [1.54, 1.807) is 14.0 Å². The summed E-state index contributed by atoms with van der Waals surface area (Å²) in [4.78, 5) is 24.2. The molecule has 3 N–H and O–H groups in total. The Balaban J connectivity index is 2.83. The summed E-state index contributed by atoms with van der Waals surface area (Å²) in [5.74, 6) is -1.03. The van der Waals surface area contributed by atoms with E-state index in [9.17, 15) is 14.7 Å². The topological polar surface area (TPSA) is 87.7 Å². The van der Waals surface area contributed by atoms with Gasteiger partial charge in [0.2, 0.25) is 0 Å². The van der Waals surface area contributed by atoms with Gasteiger partial charge in [0.05, 0.1) is 11.2 Å². The van der Waals surface area contributed by atoms with Crippen LogP contribution in [0.25, 0.3) is 0 Å². The molecule has 118 valence electrons. The number of amides is 2. The maximum atomic E-state index is 11.9. The van der Waals surface area contributed by atoms with Crippen LogP contribution in [0.3, 0.4) is 0 Å². The van der Waals surface area contributed by atoms with Crippen LogP contribution in [0.2, 0.25) is 0 Å². The predicted octanol–water partition coefficient (Wildman–Crippen LogP) is 2.86. The molecule has 1 rings (SSSR count). The van der Waals surface area contributed by atoms with Gasteiger partial charge in [-0.05, 0) is 32.8 Å². The van der Waals surface area contributed by atoms with E-state index in [2.05, 4.69) is 10.6 Å². The van der Waals surface area contributed by atoms with E-state index in [0.717, 1.165) is 11.3 Å². The van der Waals surface area contributed by atoms with Crippen molar-refractivity contribution < 1.29 is 19.4 Å². The molecule has 21 heavy (non-hydrogen) atoms. The molecule has 0 spiro atoms. The van der Waals surface area contributed by atoms with E-state index >= 15 is 0 Å². The van der Waals surface area contributed by atoms with E-state index in [1.807, 2.05) is 20.8 Å². The Morgan fingerprint density at radius 3 is 2.48 bits per heavy atom. The lowest BCUT2D eigenvalue weighted by atomic mass is 10.1. The van der Waals surface area contributed by atoms with Crippen molar-refractivity contribution in [3.05, 3.63) is 16.0 Å². The summed E-state index contributed by atoms with van der Waals surface area (Å²) in [6.45, 7) is 7.73. The molecule has 0 aliphatic carbocycles. The van der Waals surface area contributed by atoms with E-state index in [0.29, 0.717) is 17.1 Å². The summed E-state index contributed by atoms with van der Waals surface area (Å²) < 4.78 is 5.21. The number of nitrogens with one attached hydrogen (secondary N) is 2. The maximum Gasteiger partial charge on any atom is 0.338 e. The van der Waals surface area contributed by atoms with Gasteiger partial charge in [-0.1, -0.05) is 6.92 Å². The first-order valence-electron chi connectivity index (χ1n) is 6.67. The number of rotatable bonds is 6. The van der Waals surface area contributed by atoms with Gasteiger partial charge < -0.3 is 15.2 Å². The predicted molar refractivity (Wildman–Crippen MR) is 83.5 cm³/mol. The minimum atomic E-state index is -1.03. The molecule has 0 saturated carbocycles. The molecule has 0 unspecified atom stereocenters. The molecule has 1 heterocycles. The lowest BCUT2D eigenvalue weighted by molar-refractivity contribution is 0.0257. The molecule has 0 aliphatic heterocycles. The zero-order valence-electron chi connectivity index (χ0n) is 13.0. The number of urea groups is 1. The molecular formula is C14H22N2O4S. The van der Waals surface area contributed by atoms with E-state index in [4.69, 9.17) is 4.74 Å². The first-order chi connectivity index (χ1) is 9.71. The van der Waals surface area contributed by atoms with Crippen molar-refractivity contribution in [1.82, 2.24) is 5.32 Å². The zero-order chi connectivity index (χ0) is 16.2. The monoisotopic (exact) mass is 314 g/mol. The summed E-state index contributed by atoms with van der Waals surface area (Å²) in [5.41, 5.74) is 0.396. The fourth-order valence-corrected chi connectivity index (χ4v) is 2.89. The Kier molecular flexibility index (Phi) is 5.74. The number of thiophene rings is 1. The van der Waals surface area contributed by atoms with Crippen LogP contribution in [0.4, 0.5) is 9.80 Å². The van der Waals surface area contributed by atoms with Gasteiger partial charge in [0.15, 0.2) is 0 Å². The number of hydrogen-bond acceptors (Lipinski definition) is 4. The number of carbonyl (C=O) groups is 2. The van der Waals surface area contributed by atoms with E-state index < -0.39 is 17.6 Å². The Bertz CT molecular complexity index is 537. The van der Waals surface area contributed by atoms with Crippen LogP contribution in [0.15, 0.2) is 0 Å². The van der Waals surface area contributed by atoms with Gasteiger partial charge >= 0.3 is 12.0 Å². The van der Waals surface area contributed by atoms with Crippen molar-refractivity contribution in [1.29, 1.82) is 0 Å². The molecule has 0 fully saturated rings. The molecule has 0 atom stereocenters. The normalized spacial score (nSPS) is 11.3. The van der Waals surface area contributed by atoms with Crippen LogP contribution in [0.1, 0.15) is 41.6 Å². The van der Waals surface area contributed by atoms with E-state index in [1.165, 1.54) is 11.3 Å². The van der Waals surface area contributed by atoms with Crippen LogP contribution in [0, 0.1) is 6.92 Å².